The van der Waals surface area contributed by atoms with Gasteiger partial charge in [0.05, 0.1) is 0 Å². The Bertz CT molecular complexity index is 389. The van der Waals surface area contributed by atoms with Crippen LogP contribution in [-0.2, 0) is 11.2 Å². The number of fused-ring (bicyclic) bond motifs is 1. The lowest BCUT2D eigenvalue weighted by Gasteiger charge is -2.10. The molecule has 3 heteroatoms. The van der Waals surface area contributed by atoms with Crippen molar-refractivity contribution in [2.45, 2.75) is 25.2 Å². The van der Waals surface area contributed by atoms with Crippen LogP contribution in [0.25, 0.3) is 0 Å². The van der Waals surface area contributed by atoms with Crippen LogP contribution in [0, 0.1) is 0 Å². The number of amides is 1. The molecule has 1 atom stereocenters. The Morgan fingerprint density at radius 3 is 3.13 bits per heavy atom. The van der Waals surface area contributed by atoms with E-state index in [2.05, 4.69) is 11.4 Å². The summed E-state index contributed by atoms with van der Waals surface area (Å²) in [6.07, 6.45) is 2.60. The van der Waals surface area contributed by atoms with Gasteiger partial charge in [0.15, 0.2) is 0 Å². The molecule has 2 rings (SSSR count). The third-order valence-corrected chi connectivity index (χ3v) is 3.40. The molecule has 0 fully saturated rings. The van der Waals surface area contributed by atoms with Crippen molar-refractivity contribution in [2.24, 2.45) is 0 Å². The molecule has 1 aromatic carbocycles. The summed E-state index contributed by atoms with van der Waals surface area (Å²) in [7, 11) is 1.68. The number of nitrogens with one attached hydrogen (secondary N) is 1. The summed E-state index contributed by atoms with van der Waals surface area (Å²) in [4.78, 5) is 11.3. The molecule has 0 bridgehead atoms. The Hall–Kier alpha value is -1.02. The molecule has 15 heavy (non-hydrogen) atoms. The first-order valence-electron chi connectivity index (χ1n) is 5.20. The number of hydrogen-bond acceptors (Lipinski definition) is 1. The van der Waals surface area contributed by atoms with Crippen LogP contribution in [0.15, 0.2) is 18.2 Å². The summed E-state index contributed by atoms with van der Waals surface area (Å²) in [5, 5.41) is 3.51. The van der Waals surface area contributed by atoms with Crippen molar-refractivity contribution in [3.8, 4) is 0 Å². The molecule has 0 aromatic heterocycles. The number of carbonyl (C=O) groups excluding carboxylic acids is 1. The van der Waals surface area contributed by atoms with Gasteiger partial charge in [-0.1, -0.05) is 23.7 Å². The van der Waals surface area contributed by atoms with E-state index >= 15 is 0 Å². The average Bonchev–Trinajstić information content (AvgIpc) is 2.63. The molecule has 1 aliphatic rings. The highest BCUT2D eigenvalue weighted by atomic mass is 35.5. The van der Waals surface area contributed by atoms with E-state index in [4.69, 9.17) is 11.6 Å². The molecule has 2 nitrogen and oxygen atoms in total. The second-order valence-electron chi connectivity index (χ2n) is 3.92. The van der Waals surface area contributed by atoms with Crippen molar-refractivity contribution in [3.05, 3.63) is 34.3 Å². The van der Waals surface area contributed by atoms with Gasteiger partial charge >= 0.3 is 0 Å². The van der Waals surface area contributed by atoms with E-state index in [1.165, 1.54) is 11.1 Å². The average molecular weight is 224 g/mol. The maximum atomic E-state index is 11.3. The van der Waals surface area contributed by atoms with Crippen LogP contribution in [-0.4, -0.2) is 13.0 Å². The van der Waals surface area contributed by atoms with Crippen molar-refractivity contribution >= 4 is 17.5 Å². The van der Waals surface area contributed by atoms with Crippen molar-refractivity contribution in [1.29, 1.82) is 0 Å². The third-order valence-electron chi connectivity index (χ3n) is 3.05. The molecule has 0 saturated carbocycles. The second kappa shape index (κ2) is 4.23. The molecular formula is C12H14ClNO. The summed E-state index contributed by atoms with van der Waals surface area (Å²) in [5.74, 6) is 0.450. The van der Waals surface area contributed by atoms with E-state index < -0.39 is 0 Å². The van der Waals surface area contributed by atoms with E-state index in [-0.39, 0.29) is 5.91 Å². The number of halogens is 1. The number of rotatable bonds is 2. The van der Waals surface area contributed by atoms with Crippen molar-refractivity contribution in [3.63, 3.8) is 0 Å². The smallest absolute Gasteiger partial charge is 0.220 e. The highest BCUT2D eigenvalue weighted by Gasteiger charge is 2.25. The van der Waals surface area contributed by atoms with Crippen molar-refractivity contribution in [2.75, 3.05) is 7.05 Å². The molecule has 1 amide bonds. The lowest BCUT2D eigenvalue weighted by molar-refractivity contribution is -0.120. The van der Waals surface area contributed by atoms with E-state index in [0.717, 1.165) is 17.9 Å². The van der Waals surface area contributed by atoms with Gasteiger partial charge < -0.3 is 5.32 Å². The quantitative estimate of drug-likeness (QED) is 0.820. The van der Waals surface area contributed by atoms with Gasteiger partial charge in [-0.2, -0.15) is 0 Å². The van der Waals surface area contributed by atoms with Gasteiger partial charge in [-0.15, -0.1) is 0 Å². The molecule has 1 aliphatic carbocycles. The molecular weight excluding hydrogens is 210 g/mol. The molecule has 0 aliphatic heterocycles. The molecule has 0 radical (unpaired) electrons. The fourth-order valence-electron chi connectivity index (χ4n) is 2.23. The standard InChI is InChI=1S/C12H14ClNO/c1-14-12(15)7-8-5-6-10-9(8)3-2-4-11(10)13/h2-4,8H,5-7H2,1H3,(H,14,15). The predicted molar refractivity (Wildman–Crippen MR) is 61.2 cm³/mol. The maximum absolute atomic E-state index is 11.3. The van der Waals surface area contributed by atoms with Crippen LogP contribution in [0.2, 0.25) is 5.02 Å². The highest BCUT2D eigenvalue weighted by molar-refractivity contribution is 6.31. The first-order valence-corrected chi connectivity index (χ1v) is 5.58. The van der Waals surface area contributed by atoms with Crippen LogP contribution in [0.3, 0.4) is 0 Å². The highest BCUT2D eigenvalue weighted by Crippen LogP contribution is 2.38. The molecule has 0 heterocycles. The molecule has 80 valence electrons. The Morgan fingerprint density at radius 2 is 2.40 bits per heavy atom. The minimum absolute atomic E-state index is 0.104. The Kier molecular flexibility index (Phi) is 2.96. The van der Waals surface area contributed by atoms with Gasteiger partial charge in [0.1, 0.15) is 0 Å². The van der Waals surface area contributed by atoms with E-state index in [1.807, 2.05) is 12.1 Å². The molecule has 1 aromatic rings. The van der Waals surface area contributed by atoms with Crippen LogP contribution in [0.5, 0.6) is 0 Å². The lowest BCUT2D eigenvalue weighted by Crippen LogP contribution is -2.19. The van der Waals surface area contributed by atoms with Gasteiger partial charge in [0.2, 0.25) is 5.91 Å². The first-order chi connectivity index (χ1) is 7.22. The largest absolute Gasteiger partial charge is 0.359 e. The zero-order valence-corrected chi connectivity index (χ0v) is 9.47. The SMILES string of the molecule is CNC(=O)CC1CCc2c(Cl)cccc21. The van der Waals surface area contributed by atoms with E-state index in [1.54, 1.807) is 7.05 Å². The van der Waals surface area contributed by atoms with Crippen molar-refractivity contribution < 1.29 is 4.79 Å². The Morgan fingerprint density at radius 1 is 1.60 bits per heavy atom. The predicted octanol–water partition coefficient (Wildman–Crippen LogP) is 2.51. The Balaban J connectivity index is 2.21. The monoisotopic (exact) mass is 223 g/mol. The minimum Gasteiger partial charge on any atom is -0.359 e. The van der Waals surface area contributed by atoms with Crippen LogP contribution >= 0.6 is 11.6 Å². The fourth-order valence-corrected chi connectivity index (χ4v) is 2.51. The van der Waals surface area contributed by atoms with E-state index in [9.17, 15) is 4.79 Å². The van der Waals surface area contributed by atoms with Gasteiger partial charge in [-0.05, 0) is 36.0 Å². The topological polar surface area (TPSA) is 29.1 Å². The van der Waals surface area contributed by atoms with Crippen LogP contribution in [0.1, 0.15) is 29.9 Å². The van der Waals surface area contributed by atoms with Gasteiger partial charge in [0, 0.05) is 18.5 Å². The lowest BCUT2D eigenvalue weighted by atomic mass is 9.97. The third kappa shape index (κ3) is 2.00. The zero-order valence-electron chi connectivity index (χ0n) is 8.72. The minimum atomic E-state index is 0.104. The number of carbonyl (C=O) groups is 1. The summed E-state index contributed by atoms with van der Waals surface area (Å²) in [6.45, 7) is 0. The molecule has 0 spiro atoms. The number of benzene rings is 1. The molecule has 1 N–H and O–H groups in total. The van der Waals surface area contributed by atoms with Crippen LogP contribution in [0.4, 0.5) is 0 Å². The first kappa shape index (κ1) is 10.5. The summed E-state index contributed by atoms with van der Waals surface area (Å²) in [6, 6.07) is 5.97. The molecule has 1 unspecified atom stereocenters. The number of hydrogen-bond donors (Lipinski definition) is 1. The zero-order chi connectivity index (χ0) is 10.8. The van der Waals surface area contributed by atoms with Gasteiger partial charge in [-0.25, -0.2) is 0 Å². The summed E-state index contributed by atoms with van der Waals surface area (Å²) < 4.78 is 0. The second-order valence-corrected chi connectivity index (χ2v) is 4.33. The Labute approximate surface area is 94.6 Å². The normalized spacial score (nSPS) is 18.7. The fraction of sp³-hybridized carbons (Fsp3) is 0.417. The summed E-state index contributed by atoms with van der Waals surface area (Å²) in [5.41, 5.74) is 2.49. The maximum Gasteiger partial charge on any atom is 0.220 e. The van der Waals surface area contributed by atoms with E-state index in [0.29, 0.717) is 12.3 Å². The van der Waals surface area contributed by atoms with Crippen molar-refractivity contribution in [1.82, 2.24) is 5.32 Å². The van der Waals surface area contributed by atoms with Crippen LogP contribution < -0.4 is 5.32 Å². The van der Waals surface area contributed by atoms with Gasteiger partial charge in [-0.3, -0.25) is 4.79 Å². The van der Waals surface area contributed by atoms with Gasteiger partial charge in [0.25, 0.3) is 0 Å². The molecule has 0 saturated heterocycles. The summed E-state index contributed by atoms with van der Waals surface area (Å²) >= 11 is 6.10.